The summed E-state index contributed by atoms with van der Waals surface area (Å²) in [5.74, 6) is -2.65. The van der Waals surface area contributed by atoms with Crippen LogP contribution in [0.1, 0.15) is 24.0 Å². The number of hydrogen-bond acceptors (Lipinski definition) is 3. The Morgan fingerprint density at radius 1 is 1.12 bits per heavy atom. The van der Waals surface area contributed by atoms with E-state index in [2.05, 4.69) is 6.58 Å². The van der Waals surface area contributed by atoms with Gasteiger partial charge >= 0.3 is 11.9 Å². The van der Waals surface area contributed by atoms with Gasteiger partial charge in [-0.3, -0.25) is 9.59 Å². The number of rotatable bonds is 7. The van der Waals surface area contributed by atoms with E-state index in [1.807, 2.05) is 30.3 Å². The molecule has 0 spiro atoms. The third-order valence-electron chi connectivity index (χ3n) is 4.17. The highest BCUT2D eigenvalue weighted by Crippen LogP contribution is 2.40. The second-order valence-corrected chi connectivity index (χ2v) is 5.50. The van der Waals surface area contributed by atoms with Crippen molar-refractivity contribution < 1.29 is 19.4 Å². The number of carbonyl (C=O) groups excluding carboxylic acids is 1. The van der Waals surface area contributed by atoms with E-state index in [-0.39, 0.29) is 6.61 Å². The second-order valence-electron chi connectivity index (χ2n) is 5.50. The standard InChI is InChI=1S/C20H20O4/c1-3-14-24-19(23)20(18(21)22,17-12-8-5-9-13-17)15(2)16-10-6-4-7-11-16/h3-13,15H,1,14H2,2H3,(H,21,22). The number of carboxylic acid groups (broad SMARTS) is 1. The molecule has 124 valence electrons. The molecule has 2 rings (SSSR count). The van der Waals surface area contributed by atoms with E-state index < -0.39 is 23.3 Å². The van der Waals surface area contributed by atoms with E-state index in [1.54, 1.807) is 37.3 Å². The van der Waals surface area contributed by atoms with Gasteiger partial charge in [-0.15, -0.1) is 0 Å². The van der Waals surface area contributed by atoms with Crippen molar-refractivity contribution in [1.82, 2.24) is 0 Å². The lowest BCUT2D eigenvalue weighted by atomic mass is 9.68. The third-order valence-corrected chi connectivity index (χ3v) is 4.17. The zero-order chi connectivity index (χ0) is 17.6. The van der Waals surface area contributed by atoms with Crippen LogP contribution in [0.2, 0.25) is 0 Å². The predicted molar refractivity (Wildman–Crippen MR) is 91.8 cm³/mol. The third kappa shape index (κ3) is 3.08. The Bertz CT molecular complexity index is 709. The first-order valence-corrected chi connectivity index (χ1v) is 7.67. The van der Waals surface area contributed by atoms with E-state index in [9.17, 15) is 14.7 Å². The second kappa shape index (κ2) is 7.59. The van der Waals surface area contributed by atoms with Gasteiger partial charge in [0.15, 0.2) is 5.41 Å². The summed E-state index contributed by atoms with van der Waals surface area (Å²) < 4.78 is 5.18. The molecule has 0 aromatic heterocycles. The van der Waals surface area contributed by atoms with Crippen molar-refractivity contribution in [1.29, 1.82) is 0 Å². The maximum atomic E-state index is 12.8. The number of hydrogen-bond donors (Lipinski definition) is 1. The minimum Gasteiger partial charge on any atom is -0.480 e. The summed E-state index contributed by atoms with van der Waals surface area (Å²) in [6, 6.07) is 17.6. The van der Waals surface area contributed by atoms with E-state index in [4.69, 9.17) is 4.74 Å². The predicted octanol–water partition coefficient (Wildman–Crippen LogP) is 3.54. The summed E-state index contributed by atoms with van der Waals surface area (Å²) in [7, 11) is 0. The van der Waals surface area contributed by atoms with E-state index in [1.165, 1.54) is 6.08 Å². The molecule has 0 aliphatic heterocycles. The highest BCUT2D eigenvalue weighted by Gasteiger charge is 2.54. The molecule has 0 bridgehead atoms. The van der Waals surface area contributed by atoms with E-state index in [0.29, 0.717) is 5.56 Å². The van der Waals surface area contributed by atoms with E-state index >= 15 is 0 Å². The molecule has 0 saturated heterocycles. The topological polar surface area (TPSA) is 63.6 Å². The molecular weight excluding hydrogens is 304 g/mol. The number of ether oxygens (including phenoxy) is 1. The summed E-state index contributed by atoms with van der Waals surface area (Å²) >= 11 is 0. The summed E-state index contributed by atoms with van der Waals surface area (Å²) in [5, 5.41) is 10.1. The molecule has 24 heavy (non-hydrogen) atoms. The maximum Gasteiger partial charge on any atom is 0.329 e. The Kier molecular flexibility index (Phi) is 5.53. The van der Waals surface area contributed by atoms with Crippen LogP contribution in [0.15, 0.2) is 73.3 Å². The number of aliphatic carboxylic acids is 1. The molecular formula is C20H20O4. The first-order valence-electron chi connectivity index (χ1n) is 7.67. The lowest BCUT2D eigenvalue weighted by Gasteiger charge is -2.33. The van der Waals surface area contributed by atoms with Gasteiger partial charge in [0.1, 0.15) is 6.61 Å². The molecule has 4 heteroatoms. The Labute approximate surface area is 141 Å². The van der Waals surface area contributed by atoms with Gasteiger partial charge in [-0.2, -0.15) is 0 Å². The number of carbonyl (C=O) groups is 2. The molecule has 0 aliphatic carbocycles. The Morgan fingerprint density at radius 2 is 1.67 bits per heavy atom. The molecule has 2 aromatic rings. The largest absolute Gasteiger partial charge is 0.480 e. The van der Waals surface area contributed by atoms with Crippen LogP contribution in [0, 0.1) is 0 Å². The monoisotopic (exact) mass is 324 g/mol. The van der Waals surface area contributed by atoms with Gasteiger partial charge < -0.3 is 9.84 Å². The quantitative estimate of drug-likeness (QED) is 0.481. The fraction of sp³-hybridized carbons (Fsp3) is 0.200. The van der Waals surface area contributed by atoms with E-state index in [0.717, 1.165) is 5.56 Å². The molecule has 0 amide bonds. The molecule has 1 N–H and O–H groups in total. The van der Waals surface area contributed by atoms with Crippen LogP contribution in [-0.2, 0) is 19.7 Å². The van der Waals surface area contributed by atoms with Crippen LogP contribution in [0.3, 0.4) is 0 Å². The van der Waals surface area contributed by atoms with Gasteiger partial charge in [0.25, 0.3) is 0 Å². The van der Waals surface area contributed by atoms with Crippen LogP contribution in [0.4, 0.5) is 0 Å². The van der Waals surface area contributed by atoms with Gasteiger partial charge in [0.05, 0.1) is 0 Å². The Balaban J connectivity index is 2.64. The van der Waals surface area contributed by atoms with Crippen LogP contribution < -0.4 is 0 Å². The van der Waals surface area contributed by atoms with Gasteiger partial charge in [-0.1, -0.05) is 80.2 Å². The number of carboxylic acids is 1. The van der Waals surface area contributed by atoms with Crippen molar-refractivity contribution in [2.75, 3.05) is 6.61 Å². The minimum atomic E-state index is -1.83. The lowest BCUT2D eigenvalue weighted by Crippen LogP contribution is -2.49. The molecule has 2 aromatic carbocycles. The van der Waals surface area contributed by atoms with Crippen molar-refractivity contribution in [2.24, 2.45) is 0 Å². The highest BCUT2D eigenvalue weighted by atomic mass is 16.5. The zero-order valence-corrected chi connectivity index (χ0v) is 13.5. The normalized spacial score (nSPS) is 14.2. The van der Waals surface area contributed by atoms with Crippen molar-refractivity contribution >= 4 is 11.9 Å². The van der Waals surface area contributed by atoms with Gasteiger partial charge in [0, 0.05) is 5.92 Å². The summed E-state index contributed by atoms with van der Waals surface area (Å²) in [6.45, 7) is 5.20. The maximum absolute atomic E-state index is 12.8. The molecule has 0 saturated carbocycles. The molecule has 4 nitrogen and oxygen atoms in total. The molecule has 2 atom stereocenters. The fourth-order valence-corrected chi connectivity index (χ4v) is 2.88. The Hall–Kier alpha value is -2.88. The van der Waals surface area contributed by atoms with Gasteiger partial charge in [-0.05, 0) is 11.1 Å². The van der Waals surface area contributed by atoms with Gasteiger partial charge in [0.2, 0.25) is 0 Å². The average Bonchev–Trinajstić information content (AvgIpc) is 2.61. The molecule has 2 unspecified atom stereocenters. The number of esters is 1. The molecule has 0 fully saturated rings. The van der Waals surface area contributed by atoms with Crippen LogP contribution in [0.25, 0.3) is 0 Å². The molecule has 0 heterocycles. The summed E-state index contributed by atoms with van der Waals surface area (Å²) in [5.41, 5.74) is -0.687. The van der Waals surface area contributed by atoms with Crippen LogP contribution in [0.5, 0.6) is 0 Å². The zero-order valence-electron chi connectivity index (χ0n) is 13.5. The lowest BCUT2D eigenvalue weighted by molar-refractivity contribution is -0.162. The van der Waals surface area contributed by atoms with Crippen LogP contribution in [-0.4, -0.2) is 23.7 Å². The molecule has 0 radical (unpaired) electrons. The van der Waals surface area contributed by atoms with Crippen molar-refractivity contribution in [3.63, 3.8) is 0 Å². The number of benzene rings is 2. The van der Waals surface area contributed by atoms with Crippen LogP contribution >= 0.6 is 0 Å². The molecule has 0 aliphatic rings. The van der Waals surface area contributed by atoms with Crippen molar-refractivity contribution in [3.05, 3.63) is 84.4 Å². The van der Waals surface area contributed by atoms with Crippen molar-refractivity contribution in [3.8, 4) is 0 Å². The highest BCUT2D eigenvalue weighted by molar-refractivity contribution is 6.06. The fourth-order valence-electron chi connectivity index (χ4n) is 2.88. The first kappa shape index (κ1) is 17.5. The SMILES string of the molecule is C=CCOC(=O)C(C(=O)O)(c1ccccc1)C(C)c1ccccc1. The average molecular weight is 324 g/mol. The minimum absolute atomic E-state index is 0.0395. The summed E-state index contributed by atoms with van der Waals surface area (Å²) in [4.78, 5) is 25.1. The van der Waals surface area contributed by atoms with Gasteiger partial charge in [-0.25, -0.2) is 0 Å². The first-order chi connectivity index (χ1) is 11.5. The summed E-state index contributed by atoms with van der Waals surface area (Å²) in [6.07, 6.45) is 1.42. The smallest absolute Gasteiger partial charge is 0.329 e. The van der Waals surface area contributed by atoms with Crippen molar-refractivity contribution in [2.45, 2.75) is 18.3 Å². The Morgan fingerprint density at radius 3 is 2.17 bits per heavy atom.